The second-order valence-electron chi connectivity index (χ2n) is 4.66. The van der Waals surface area contributed by atoms with E-state index in [-0.39, 0.29) is 0 Å². The molecule has 0 saturated carbocycles. The second kappa shape index (κ2) is 8.82. The van der Waals surface area contributed by atoms with Crippen LogP contribution in [0.2, 0.25) is 0 Å². The molecule has 0 amide bonds. The summed E-state index contributed by atoms with van der Waals surface area (Å²) in [5.41, 5.74) is 2.29. The third-order valence-electron chi connectivity index (χ3n) is 3.11. The molecule has 0 aliphatic heterocycles. The number of hydrogen-bond donors (Lipinski definition) is 1. The Morgan fingerprint density at radius 3 is 2.48 bits per heavy atom. The van der Waals surface area contributed by atoms with Gasteiger partial charge in [0.2, 0.25) is 0 Å². The topological polar surface area (TPSA) is 30.5 Å². The molecule has 0 heterocycles. The smallest absolute Gasteiger partial charge is 0.124 e. The molecule has 4 heteroatoms. The number of hydrogen-bond acceptors (Lipinski definition) is 3. The zero-order valence-corrected chi connectivity index (χ0v) is 13.7. The van der Waals surface area contributed by atoms with E-state index in [0.29, 0.717) is 13.2 Å². The van der Waals surface area contributed by atoms with Crippen molar-refractivity contribution in [3.05, 3.63) is 64.1 Å². The minimum atomic E-state index is 0.552. The Hall–Kier alpha value is -1.36. The molecule has 0 fully saturated rings. The van der Waals surface area contributed by atoms with Gasteiger partial charge in [0.1, 0.15) is 12.4 Å². The molecular weight excluding hydrogens is 330 g/mol. The number of methoxy groups -OCH3 is 1. The van der Waals surface area contributed by atoms with Crippen molar-refractivity contribution in [2.75, 3.05) is 20.3 Å². The highest BCUT2D eigenvalue weighted by atomic mass is 79.9. The summed E-state index contributed by atoms with van der Waals surface area (Å²) >= 11 is 3.54. The molecule has 0 spiro atoms. The molecule has 2 aromatic rings. The fourth-order valence-electron chi connectivity index (χ4n) is 1.96. The minimum absolute atomic E-state index is 0.552. The summed E-state index contributed by atoms with van der Waals surface area (Å²) in [6.45, 7) is 2.86. The molecule has 112 valence electrons. The van der Waals surface area contributed by atoms with Crippen LogP contribution in [0.25, 0.3) is 0 Å². The van der Waals surface area contributed by atoms with Crippen molar-refractivity contribution in [1.82, 2.24) is 5.32 Å². The first-order valence-corrected chi connectivity index (χ1v) is 7.74. The molecule has 0 radical (unpaired) electrons. The molecule has 0 bridgehead atoms. The highest BCUT2D eigenvalue weighted by Crippen LogP contribution is 2.22. The van der Waals surface area contributed by atoms with Gasteiger partial charge >= 0.3 is 0 Å². The fourth-order valence-corrected chi connectivity index (χ4v) is 2.36. The van der Waals surface area contributed by atoms with E-state index < -0.39 is 0 Å². The third-order valence-corrected chi connectivity index (χ3v) is 3.89. The lowest BCUT2D eigenvalue weighted by molar-refractivity contribution is 0.199. The number of benzene rings is 2. The van der Waals surface area contributed by atoms with Crippen molar-refractivity contribution in [3.8, 4) is 5.75 Å². The largest absolute Gasteiger partial charge is 0.489 e. The lowest BCUT2D eigenvalue weighted by Gasteiger charge is -2.13. The number of nitrogens with one attached hydrogen (secondary N) is 1. The first-order chi connectivity index (χ1) is 10.3. The molecule has 0 aliphatic rings. The Morgan fingerprint density at radius 2 is 1.71 bits per heavy atom. The van der Waals surface area contributed by atoms with E-state index in [1.54, 1.807) is 7.11 Å². The highest BCUT2D eigenvalue weighted by Gasteiger charge is 2.04. The Labute approximate surface area is 134 Å². The van der Waals surface area contributed by atoms with E-state index in [0.717, 1.165) is 34.4 Å². The zero-order chi connectivity index (χ0) is 14.9. The normalized spacial score (nSPS) is 10.6. The van der Waals surface area contributed by atoms with Crippen molar-refractivity contribution in [1.29, 1.82) is 0 Å². The van der Waals surface area contributed by atoms with Crippen LogP contribution in [0.3, 0.4) is 0 Å². The van der Waals surface area contributed by atoms with Crippen LogP contribution in [0, 0.1) is 0 Å². The van der Waals surface area contributed by atoms with Gasteiger partial charge in [0.15, 0.2) is 0 Å². The average Bonchev–Trinajstić information content (AvgIpc) is 2.52. The first-order valence-electron chi connectivity index (χ1n) is 6.95. The quantitative estimate of drug-likeness (QED) is 0.736. The van der Waals surface area contributed by atoms with E-state index in [1.807, 2.05) is 36.4 Å². The number of ether oxygens (including phenoxy) is 2. The molecule has 1 N–H and O–H groups in total. The maximum atomic E-state index is 5.96. The average molecular weight is 350 g/mol. The zero-order valence-electron chi connectivity index (χ0n) is 12.1. The van der Waals surface area contributed by atoms with Crippen molar-refractivity contribution >= 4 is 15.9 Å². The van der Waals surface area contributed by atoms with Gasteiger partial charge in [0.05, 0.1) is 6.61 Å². The molecule has 0 saturated heterocycles. The summed E-state index contributed by atoms with van der Waals surface area (Å²) in [6.07, 6.45) is 0. The fraction of sp³-hybridized carbons (Fsp3) is 0.294. The van der Waals surface area contributed by atoms with Crippen molar-refractivity contribution in [2.45, 2.75) is 13.2 Å². The van der Waals surface area contributed by atoms with Crippen LogP contribution in [0.15, 0.2) is 53.0 Å². The third kappa shape index (κ3) is 5.16. The summed E-state index contributed by atoms with van der Waals surface area (Å²) < 4.78 is 12.1. The number of para-hydroxylation sites is 1. The first kappa shape index (κ1) is 16.0. The Kier molecular flexibility index (Phi) is 6.73. The molecule has 2 rings (SSSR count). The maximum Gasteiger partial charge on any atom is 0.124 e. The van der Waals surface area contributed by atoms with Crippen LogP contribution in [0.1, 0.15) is 11.1 Å². The summed E-state index contributed by atoms with van der Waals surface area (Å²) in [4.78, 5) is 0. The molecule has 0 atom stereocenters. The standard InChI is InChI=1S/C17H20BrNO2/c1-20-11-10-19-12-14-6-3-5-9-17(14)21-13-15-7-2-4-8-16(15)18/h2-9,19H,10-13H2,1H3. The summed E-state index contributed by atoms with van der Waals surface area (Å²) in [5.74, 6) is 0.915. The second-order valence-corrected chi connectivity index (χ2v) is 5.51. The molecule has 0 unspecified atom stereocenters. The van der Waals surface area contributed by atoms with Gasteiger partial charge in [0.25, 0.3) is 0 Å². The monoisotopic (exact) mass is 349 g/mol. The van der Waals surface area contributed by atoms with Gasteiger partial charge in [-0.25, -0.2) is 0 Å². The van der Waals surface area contributed by atoms with E-state index in [2.05, 4.69) is 33.4 Å². The Bertz CT molecular complexity index is 560. The summed E-state index contributed by atoms with van der Waals surface area (Å²) in [6, 6.07) is 16.2. The van der Waals surface area contributed by atoms with Gasteiger partial charge in [-0.1, -0.05) is 52.3 Å². The van der Waals surface area contributed by atoms with Crippen LogP contribution in [-0.2, 0) is 17.9 Å². The minimum Gasteiger partial charge on any atom is -0.489 e. The van der Waals surface area contributed by atoms with Gasteiger partial charge in [-0.15, -0.1) is 0 Å². The van der Waals surface area contributed by atoms with E-state index in [1.165, 1.54) is 0 Å². The lowest BCUT2D eigenvalue weighted by atomic mass is 10.2. The predicted octanol–water partition coefficient (Wildman–Crippen LogP) is 3.76. The Morgan fingerprint density at radius 1 is 1.00 bits per heavy atom. The van der Waals surface area contributed by atoms with Crippen molar-refractivity contribution in [3.63, 3.8) is 0 Å². The van der Waals surface area contributed by atoms with E-state index in [4.69, 9.17) is 9.47 Å². The number of rotatable bonds is 8. The lowest BCUT2D eigenvalue weighted by Crippen LogP contribution is -2.19. The summed E-state index contributed by atoms with van der Waals surface area (Å²) in [7, 11) is 1.70. The molecule has 21 heavy (non-hydrogen) atoms. The van der Waals surface area contributed by atoms with Crippen LogP contribution in [0.5, 0.6) is 5.75 Å². The van der Waals surface area contributed by atoms with E-state index in [9.17, 15) is 0 Å². The van der Waals surface area contributed by atoms with Gasteiger partial charge in [-0.05, 0) is 12.1 Å². The predicted molar refractivity (Wildman–Crippen MR) is 88.5 cm³/mol. The van der Waals surface area contributed by atoms with Gasteiger partial charge in [-0.3, -0.25) is 0 Å². The molecule has 3 nitrogen and oxygen atoms in total. The van der Waals surface area contributed by atoms with Crippen LogP contribution >= 0.6 is 15.9 Å². The van der Waals surface area contributed by atoms with Gasteiger partial charge in [-0.2, -0.15) is 0 Å². The van der Waals surface area contributed by atoms with Crippen LogP contribution in [-0.4, -0.2) is 20.3 Å². The molecule has 2 aromatic carbocycles. The molecule has 0 aliphatic carbocycles. The van der Waals surface area contributed by atoms with Gasteiger partial charge < -0.3 is 14.8 Å². The maximum absolute atomic E-state index is 5.96. The van der Waals surface area contributed by atoms with Gasteiger partial charge in [0, 0.05) is 35.8 Å². The Balaban J connectivity index is 1.95. The van der Waals surface area contributed by atoms with Crippen LogP contribution < -0.4 is 10.1 Å². The number of halogens is 1. The highest BCUT2D eigenvalue weighted by molar-refractivity contribution is 9.10. The van der Waals surface area contributed by atoms with Crippen molar-refractivity contribution < 1.29 is 9.47 Å². The molecular formula is C17H20BrNO2. The van der Waals surface area contributed by atoms with Crippen molar-refractivity contribution in [2.24, 2.45) is 0 Å². The van der Waals surface area contributed by atoms with Crippen LogP contribution in [0.4, 0.5) is 0 Å². The summed E-state index contributed by atoms with van der Waals surface area (Å²) in [5, 5.41) is 3.34. The molecule has 0 aromatic heterocycles. The SMILES string of the molecule is COCCNCc1ccccc1OCc1ccccc1Br. The van der Waals surface area contributed by atoms with E-state index >= 15 is 0 Å².